The quantitative estimate of drug-likeness (QED) is 0.890. The van der Waals surface area contributed by atoms with E-state index in [1.807, 2.05) is 42.5 Å². The highest BCUT2D eigenvalue weighted by Gasteiger charge is 2.06. The molecule has 2 aromatic carbocycles. The molecule has 22 heavy (non-hydrogen) atoms. The Balaban J connectivity index is 2.17. The summed E-state index contributed by atoms with van der Waals surface area (Å²) >= 11 is 0. The van der Waals surface area contributed by atoms with Crippen molar-refractivity contribution in [3.63, 3.8) is 0 Å². The van der Waals surface area contributed by atoms with Gasteiger partial charge < -0.3 is 5.11 Å². The number of aliphatic carboxylic acids is 1. The molecule has 1 atom stereocenters. The van der Waals surface area contributed by atoms with Gasteiger partial charge in [-0.15, -0.1) is 0 Å². The van der Waals surface area contributed by atoms with Crippen molar-refractivity contribution in [3.05, 3.63) is 54.1 Å². The fraction of sp³-hybridized carbons (Fsp3) is 0.235. The fourth-order valence-corrected chi connectivity index (χ4v) is 2.81. The summed E-state index contributed by atoms with van der Waals surface area (Å²) in [6, 6.07) is 15.7. The van der Waals surface area contributed by atoms with E-state index in [4.69, 9.17) is 5.11 Å². The van der Waals surface area contributed by atoms with Crippen molar-refractivity contribution in [2.24, 2.45) is 0 Å². The van der Waals surface area contributed by atoms with E-state index >= 15 is 0 Å². The smallest absolute Gasteiger partial charge is 0.317 e. The van der Waals surface area contributed by atoms with E-state index in [1.54, 1.807) is 18.2 Å². The van der Waals surface area contributed by atoms with Crippen molar-refractivity contribution in [2.45, 2.75) is 11.4 Å². The van der Waals surface area contributed by atoms with Crippen molar-refractivity contribution in [1.82, 2.24) is 4.90 Å². The zero-order valence-electron chi connectivity index (χ0n) is 12.7. The van der Waals surface area contributed by atoms with Crippen molar-refractivity contribution in [3.8, 4) is 11.1 Å². The molecule has 0 heterocycles. The molecule has 4 nitrogen and oxygen atoms in total. The van der Waals surface area contributed by atoms with E-state index in [-0.39, 0.29) is 6.54 Å². The minimum atomic E-state index is -0.974. The molecule has 0 bridgehead atoms. The number of hydrogen-bond donors (Lipinski definition) is 1. The predicted octanol–water partition coefficient (Wildman–Crippen LogP) is 2.61. The first-order valence-electron chi connectivity index (χ1n) is 6.89. The molecule has 0 aliphatic carbocycles. The number of likely N-dealkylation sites (N-methyl/N-ethyl adjacent to an activating group) is 1. The molecule has 0 radical (unpaired) electrons. The lowest BCUT2D eigenvalue weighted by molar-refractivity contribution is -0.138. The van der Waals surface area contributed by atoms with Gasteiger partial charge in [0.1, 0.15) is 0 Å². The predicted molar refractivity (Wildman–Crippen MR) is 88.2 cm³/mol. The third-order valence-electron chi connectivity index (χ3n) is 3.30. The molecular formula is C17H19NO3S. The van der Waals surface area contributed by atoms with Crippen LogP contribution in [-0.4, -0.2) is 40.0 Å². The molecule has 1 N–H and O–H groups in total. The van der Waals surface area contributed by atoms with Crippen LogP contribution in [0, 0.1) is 0 Å². The van der Waals surface area contributed by atoms with Crippen molar-refractivity contribution in [2.75, 3.05) is 19.8 Å². The Morgan fingerprint density at radius 2 is 1.82 bits per heavy atom. The van der Waals surface area contributed by atoms with Crippen LogP contribution < -0.4 is 0 Å². The van der Waals surface area contributed by atoms with Gasteiger partial charge in [0.25, 0.3) is 0 Å². The van der Waals surface area contributed by atoms with Gasteiger partial charge in [-0.1, -0.05) is 30.3 Å². The maximum Gasteiger partial charge on any atom is 0.317 e. The SMILES string of the molecule is CN(CC(=O)O)Cc1cccc(-c2ccc(S(C)=O)cc2)c1. The van der Waals surface area contributed by atoms with Gasteiger partial charge in [-0.3, -0.25) is 13.9 Å². The molecule has 0 spiro atoms. The Hall–Kier alpha value is -1.98. The molecule has 5 heteroatoms. The molecule has 116 valence electrons. The normalized spacial score (nSPS) is 12.3. The van der Waals surface area contributed by atoms with Crippen molar-refractivity contribution < 1.29 is 14.1 Å². The lowest BCUT2D eigenvalue weighted by Crippen LogP contribution is -2.25. The first kappa shape index (κ1) is 16.4. The zero-order valence-corrected chi connectivity index (χ0v) is 13.5. The molecule has 0 amide bonds. The summed E-state index contributed by atoms with van der Waals surface area (Å²) in [5, 5.41) is 8.80. The maximum absolute atomic E-state index is 11.4. The number of carbonyl (C=O) groups is 1. The van der Waals surface area contributed by atoms with E-state index in [0.29, 0.717) is 6.54 Å². The largest absolute Gasteiger partial charge is 0.480 e. The number of hydrogen-bond acceptors (Lipinski definition) is 3. The zero-order chi connectivity index (χ0) is 16.1. The van der Waals surface area contributed by atoms with Gasteiger partial charge in [-0.25, -0.2) is 0 Å². The van der Waals surface area contributed by atoms with E-state index in [9.17, 15) is 9.00 Å². The number of nitrogens with zero attached hydrogens (tertiary/aromatic N) is 1. The van der Waals surface area contributed by atoms with Gasteiger partial charge in [0.15, 0.2) is 0 Å². The summed E-state index contributed by atoms with van der Waals surface area (Å²) in [5.41, 5.74) is 3.18. The molecule has 0 aromatic heterocycles. The van der Waals surface area contributed by atoms with Crippen LogP contribution in [0.15, 0.2) is 53.4 Å². The van der Waals surface area contributed by atoms with E-state index in [0.717, 1.165) is 21.6 Å². The lowest BCUT2D eigenvalue weighted by Gasteiger charge is -2.14. The molecule has 1 unspecified atom stereocenters. The lowest BCUT2D eigenvalue weighted by atomic mass is 10.0. The standard InChI is InChI=1S/C17H19NO3S/c1-18(12-17(19)20)11-13-4-3-5-15(10-13)14-6-8-16(9-7-14)22(2)21/h3-10H,11-12H2,1-2H3,(H,19,20). The van der Waals surface area contributed by atoms with E-state index in [1.165, 1.54) is 0 Å². The van der Waals surface area contributed by atoms with Gasteiger partial charge in [-0.05, 0) is 41.9 Å². The van der Waals surface area contributed by atoms with Crippen LogP contribution in [0.3, 0.4) is 0 Å². The van der Waals surface area contributed by atoms with Crippen molar-refractivity contribution >= 4 is 16.8 Å². The summed E-state index contributed by atoms with van der Waals surface area (Å²) in [6.45, 7) is 0.596. The van der Waals surface area contributed by atoms with Gasteiger partial charge >= 0.3 is 5.97 Å². The Morgan fingerprint density at radius 3 is 2.41 bits per heavy atom. The Labute approximate surface area is 132 Å². The average Bonchev–Trinajstić information content (AvgIpc) is 2.46. The minimum absolute atomic E-state index is 0.0151. The van der Waals surface area contributed by atoms with Crippen LogP contribution in [-0.2, 0) is 22.1 Å². The summed E-state index contributed by atoms with van der Waals surface area (Å²) < 4.78 is 11.4. The van der Waals surface area contributed by atoms with Crippen LogP contribution in [0.25, 0.3) is 11.1 Å². The number of carboxylic acid groups (broad SMARTS) is 1. The Bertz CT molecular complexity index is 683. The number of carboxylic acids is 1. The average molecular weight is 317 g/mol. The maximum atomic E-state index is 11.4. The first-order valence-corrected chi connectivity index (χ1v) is 8.44. The van der Waals surface area contributed by atoms with Gasteiger partial charge in [0.05, 0.1) is 6.54 Å². The summed E-state index contributed by atoms with van der Waals surface area (Å²) in [6.07, 6.45) is 1.66. The number of rotatable bonds is 6. The fourth-order valence-electron chi connectivity index (χ4n) is 2.29. The summed E-state index contributed by atoms with van der Waals surface area (Å²) in [5.74, 6) is -0.832. The molecule has 0 saturated carbocycles. The molecule has 0 aliphatic rings. The summed E-state index contributed by atoms with van der Waals surface area (Å²) in [4.78, 5) is 13.3. The monoisotopic (exact) mass is 317 g/mol. The minimum Gasteiger partial charge on any atom is -0.480 e. The van der Waals surface area contributed by atoms with Crippen LogP contribution >= 0.6 is 0 Å². The highest BCUT2D eigenvalue weighted by atomic mass is 32.2. The molecular weight excluding hydrogens is 298 g/mol. The van der Waals surface area contributed by atoms with Gasteiger partial charge in [0, 0.05) is 28.5 Å². The Kier molecular flexibility index (Phi) is 5.46. The molecule has 2 rings (SSSR count). The molecule has 2 aromatic rings. The first-order chi connectivity index (χ1) is 10.5. The van der Waals surface area contributed by atoms with Gasteiger partial charge in [0.2, 0.25) is 0 Å². The molecule has 0 aliphatic heterocycles. The number of benzene rings is 2. The van der Waals surface area contributed by atoms with Crippen LogP contribution in [0.4, 0.5) is 0 Å². The third-order valence-corrected chi connectivity index (χ3v) is 4.24. The Morgan fingerprint density at radius 1 is 1.14 bits per heavy atom. The summed E-state index contributed by atoms with van der Waals surface area (Å²) in [7, 11) is 0.810. The molecule has 0 fully saturated rings. The second-order valence-corrected chi connectivity index (χ2v) is 6.62. The third kappa shape index (κ3) is 4.51. The topological polar surface area (TPSA) is 57.6 Å². The van der Waals surface area contributed by atoms with Crippen LogP contribution in [0.1, 0.15) is 5.56 Å². The highest BCUT2D eigenvalue weighted by Crippen LogP contribution is 2.22. The van der Waals surface area contributed by atoms with Crippen LogP contribution in [0.5, 0.6) is 0 Å². The van der Waals surface area contributed by atoms with E-state index in [2.05, 4.69) is 6.07 Å². The second kappa shape index (κ2) is 7.33. The van der Waals surface area contributed by atoms with Gasteiger partial charge in [-0.2, -0.15) is 0 Å². The second-order valence-electron chi connectivity index (χ2n) is 5.24. The van der Waals surface area contributed by atoms with Crippen LogP contribution in [0.2, 0.25) is 0 Å². The van der Waals surface area contributed by atoms with Crippen molar-refractivity contribution in [1.29, 1.82) is 0 Å². The van der Waals surface area contributed by atoms with E-state index < -0.39 is 16.8 Å². The molecule has 0 saturated heterocycles. The highest BCUT2D eigenvalue weighted by molar-refractivity contribution is 7.84.